The molecule has 1 aliphatic heterocycles. The fourth-order valence-corrected chi connectivity index (χ4v) is 5.12. The van der Waals surface area contributed by atoms with Crippen LogP contribution in [0.2, 0.25) is 5.02 Å². The lowest BCUT2D eigenvalue weighted by Gasteiger charge is -2.51. The maximum atomic E-state index is 13.5. The van der Waals surface area contributed by atoms with Crippen LogP contribution in [0.1, 0.15) is 33.1 Å². The van der Waals surface area contributed by atoms with Gasteiger partial charge in [-0.25, -0.2) is 4.39 Å². The van der Waals surface area contributed by atoms with Crippen molar-refractivity contribution in [2.75, 3.05) is 13.2 Å². The van der Waals surface area contributed by atoms with Crippen molar-refractivity contribution in [1.82, 2.24) is 21.3 Å². The van der Waals surface area contributed by atoms with E-state index in [-0.39, 0.29) is 59.4 Å². The molecule has 5 atom stereocenters. The molecule has 1 aromatic rings. The summed E-state index contributed by atoms with van der Waals surface area (Å²) in [6.45, 7) is 4.54. The largest absolute Gasteiger partial charge is 0.484 e. The molecule has 31 heavy (non-hydrogen) atoms. The van der Waals surface area contributed by atoms with Gasteiger partial charge in [0.15, 0.2) is 6.61 Å². The molecule has 4 fully saturated rings. The Morgan fingerprint density at radius 1 is 1.16 bits per heavy atom. The normalized spacial score (nSPS) is 34.4. The Morgan fingerprint density at radius 2 is 1.87 bits per heavy atom. The van der Waals surface area contributed by atoms with Gasteiger partial charge >= 0.3 is 0 Å². The highest BCUT2D eigenvalue weighted by Gasteiger charge is 2.47. The average molecular weight is 453 g/mol. The molecule has 2 amide bonds. The first-order valence-corrected chi connectivity index (χ1v) is 11.3. The average Bonchev–Trinajstić information content (AvgIpc) is 2.67. The first kappa shape index (κ1) is 22.3. The zero-order valence-electron chi connectivity index (χ0n) is 17.8. The van der Waals surface area contributed by atoms with Crippen LogP contribution in [0.4, 0.5) is 4.39 Å². The first-order chi connectivity index (χ1) is 14.8. The van der Waals surface area contributed by atoms with Gasteiger partial charge in [0.1, 0.15) is 11.6 Å². The second kappa shape index (κ2) is 9.30. The van der Waals surface area contributed by atoms with Crippen LogP contribution < -0.4 is 26.0 Å². The van der Waals surface area contributed by atoms with Crippen molar-refractivity contribution in [1.29, 1.82) is 0 Å². The fourth-order valence-electron chi connectivity index (χ4n) is 5.00. The third-order valence-electron chi connectivity index (χ3n) is 6.89. The van der Waals surface area contributed by atoms with Crippen LogP contribution in [0.15, 0.2) is 18.2 Å². The lowest BCUT2D eigenvalue weighted by Crippen LogP contribution is -2.63. The topological polar surface area (TPSA) is 91.5 Å². The number of fused-ring (bicyclic) bond motifs is 2. The predicted octanol–water partition coefficient (Wildman–Crippen LogP) is 1.80. The molecule has 1 heterocycles. The molecular formula is C22H30ClFN4O3. The van der Waals surface area contributed by atoms with E-state index in [1.54, 1.807) is 0 Å². The SMILES string of the molecule is CC1NCC(C(=O)N[C@@H]2CC(NC(=O)COc3ccc(Cl)c(F)c3)C3CC2C3)C(C)N1. The van der Waals surface area contributed by atoms with Crippen LogP contribution in [0.3, 0.4) is 0 Å². The lowest BCUT2D eigenvalue weighted by atomic mass is 9.60. The van der Waals surface area contributed by atoms with Gasteiger partial charge in [0.25, 0.3) is 5.91 Å². The van der Waals surface area contributed by atoms with E-state index >= 15 is 0 Å². The summed E-state index contributed by atoms with van der Waals surface area (Å²) in [4.78, 5) is 25.2. The molecule has 170 valence electrons. The Balaban J connectivity index is 1.26. The van der Waals surface area contributed by atoms with Gasteiger partial charge in [-0.05, 0) is 57.1 Å². The Labute approximate surface area is 186 Å². The van der Waals surface area contributed by atoms with Crippen LogP contribution >= 0.6 is 11.6 Å². The molecule has 0 aromatic heterocycles. The Hall–Kier alpha value is -1.90. The third kappa shape index (κ3) is 5.13. The number of ether oxygens (including phenoxy) is 1. The molecule has 4 aliphatic rings. The van der Waals surface area contributed by atoms with E-state index in [1.807, 2.05) is 13.8 Å². The summed E-state index contributed by atoms with van der Waals surface area (Å²) in [5.74, 6) is 0.287. The molecule has 3 saturated carbocycles. The number of hydrogen-bond donors (Lipinski definition) is 4. The molecule has 0 radical (unpaired) electrons. The maximum absolute atomic E-state index is 13.5. The quantitative estimate of drug-likeness (QED) is 0.528. The lowest BCUT2D eigenvalue weighted by molar-refractivity contribution is -0.129. The van der Waals surface area contributed by atoms with E-state index < -0.39 is 5.82 Å². The molecule has 4 N–H and O–H groups in total. The van der Waals surface area contributed by atoms with Crippen LogP contribution in [-0.2, 0) is 9.59 Å². The summed E-state index contributed by atoms with van der Waals surface area (Å²) in [6, 6.07) is 4.27. The van der Waals surface area contributed by atoms with Gasteiger partial charge in [-0.3, -0.25) is 14.9 Å². The van der Waals surface area contributed by atoms with Crippen LogP contribution in [0.5, 0.6) is 5.75 Å². The van der Waals surface area contributed by atoms with Crippen molar-refractivity contribution in [2.24, 2.45) is 17.8 Å². The number of benzene rings is 1. The van der Waals surface area contributed by atoms with Crippen molar-refractivity contribution in [2.45, 2.75) is 57.4 Å². The van der Waals surface area contributed by atoms with Gasteiger partial charge in [0.05, 0.1) is 17.1 Å². The molecule has 1 saturated heterocycles. The summed E-state index contributed by atoms with van der Waals surface area (Å²) >= 11 is 5.66. The van der Waals surface area contributed by atoms with E-state index in [4.69, 9.17) is 16.3 Å². The molecule has 9 heteroatoms. The van der Waals surface area contributed by atoms with Crippen molar-refractivity contribution in [3.05, 3.63) is 29.0 Å². The minimum Gasteiger partial charge on any atom is -0.484 e. The van der Waals surface area contributed by atoms with E-state index in [2.05, 4.69) is 21.3 Å². The number of carbonyl (C=O) groups excluding carboxylic acids is 2. The monoisotopic (exact) mass is 452 g/mol. The van der Waals surface area contributed by atoms with Crippen LogP contribution in [0, 0.1) is 23.6 Å². The van der Waals surface area contributed by atoms with Gasteiger partial charge in [-0.1, -0.05) is 11.6 Å². The van der Waals surface area contributed by atoms with Gasteiger partial charge in [-0.15, -0.1) is 0 Å². The van der Waals surface area contributed by atoms with Crippen molar-refractivity contribution in [3.8, 4) is 5.75 Å². The minimum absolute atomic E-state index is 0.00778. The minimum atomic E-state index is -0.585. The third-order valence-corrected chi connectivity index (χ3v) is 7.20. The fraction of sp³-hybridized carbons (Fsp3) is 0.636. The molecule has 3 aliphatic carbocycles. The molecule has 4 unspecified atom stereocenters. The molecular weight excluding hydrogens is 423 g/mol. The van der Waals surface area contributed by atoms with E-state index in [0.717, 1.165) is 25.3 Å². The molecule has 7 nitrogen and oxygen atoms in total. The van der Waals surface area contributed by atoms with Gasteiger partial charge < -0.3 is 20.7 Å². The van der Waals surface area contributed by atoms with Gasteiger partial charge in [0.2, 0.25) is 5.91 Å². The predicted molar refractivity (Wildman–Crippen MR) is 115 cm³/mol. The standard InChI is InChI=1S/C22H30ClFN4O3/c1-11-16(9-25-12(2)26-11)22(30)28-20-8-19(13-5-14(20)6-13)27-21(29)10-31-15-3-4-17(23)18(24)7-15/h3-4,7,11-14,16,19-20,25-26H,5-6,8-10H2,1-2H3,(H,27,29)(H,28,30)/t11?,12?,13?,14?,16?,19?,20-/m1/s1. The second-order valence-corrected chi connectivity index (χ2v) is 9.48. The molecule has 0 spiro atoms. The van der Waals surface area contributed by atoms with Crippen LogP contribution in [-0.4, -0.2) is 49.3 Å². The number of amides is 2. The Bertz CT molecular complexity index is 835. The molecule has 2 bridgehead atoms. The summed E-state index contributed by atoms with van der Waals surface area (Å²) in [5, 5.41) is 12.9. The molecule has 1 aromatic carbocycles. The van der Waals surface area contributed by atoms with E-state index in [9.17, 15) is 14.0 Å². The number of hydrogen-bond acceptors (Lipinski definition) is 5. The van der Waals surface area contributed by atoms with Crippen molar-refractivity contribution >= 4 is 23.4 Å². The highest BCUT2D eigenvalue weighted by Crippen LogP contribution is 2.45. The summed E-state index contributed by atoms with van der Waals surface area (Å²) in [6.07, 6.45) is 2.94. The van der Waals surface area contributed by atoms with Crippen LogP contribution in [0.25, 0.3) is 0 Å². The first-order valence-electron chi connectivity index (χ1n) is 11.0. The van der Waals surface area contributed by atoms with Gasteiger partial charge in [0, 0.05) is 30.7 Å². The number of halogens is 2. The zero-order chi connectivity index (χ0) is 22.1. The smallest absolute Gasteiger partial charge is 0.258 e. The van der Waals surface area contributed by atoms with Gasteiger partial charge in [-0.2, -0.15) is 0 Å². The van der Waals surface area contributed by atoms with E-state index in [1.165, 1.54) is 12.1 Å². The highest BCUT2D eigenvalue weighted by atomic mass is 35.5. The Morgan fingerprint density at radius 3 is 2.55 bits per heavy atom. The highest BCUT2D eigenvalue weighted by molar-refractivity contribution is 6.30. The second-order valence-electron chi connectivity index (χ2n) is 9.07. The molecule has 5 rings (SSSR count). The summed E-state index contributed by atoms with van der Waals surface area (Å²) in [5.41, 5.74) is 0. The summed E-state index contributed by atoms with van der Waals surface area (Å²) in [7, 11) is 0. The van der Waals surface area contributed by atoms with Crippen molar-refractivity contribution in [3.63, 3.8) is 0 Å². The number of nitrogens with one attached hydrogen (secondary N) is 4. The summed E-state index contributed by atoms with van der Waals surface area (Å²) < 4.78 is 18.9. The maximum Gasteiger partial charge on any atom is 0.258 e. The number of carbonyl (C=O) groups is 2. The zero-order valence-corrected chi connectivity index (χ0v) is 18.5. The number of rotatable bonds is 6. The van der Waals surface area contributed by atoms with E-state index in [0.29, 0.717) is 18.4 Å². The van der Waals surface area contributed by atoms with Crippen molar-refractivity contribution < 1.29 is 18.7 Å². The Kier molecular flexibility index (Phi) is 6.69.